The van der Waals surface area contributed by atoms with Crippen molar-refractivity contribution in [3.63, 3.8) is 0 Å². The molecule has 6 heteroatoms. The molecule has 3 N–H and O–H groups in total. The summed E-state index contributed by atoms with van der Waals surface area (Å²) >= 11 is 0. The molecule has 4 rings (SSSR count). The zero-order chi connectivity index (χ0) is 20.9. The smallest absolute Gasteiger partial charge is 0.264 e. The fourth-order valence-corrected chi connectivity index (χ4v) is 3.28. The van der Waals surface area contributed by atoms with E-state index >= 15 is 0 Å². The minimum Gasteiger partial charge on any atom is -0.511 e. The number of rotatable bonds is 5. The molecule has 2 amide bonds. The highest BCUT2D eigenvalue weighted by atomic mass is 16.5. The Morgan fingerprint density at radius 2 is 1.60 bits per heavy atom. The second-order valence-corrected chi connectivity index (χ2v) is 6.86. The lowest BCUT2D eigenvalue weighted by atomic mass is 9.96. The number of carbonyl (C=O) groups is 2. The van der Waals surface area contributed by atoms with E-state index in [2.05, 4.69) is 10.6 Å². The Balaban J connectivity index is 1.48. The second kappa shape index (κ2) is 8.53. The van der Waals surface area contributed by atoms with E-state index in [0.29, 0.717) is 17.2 Å². The number of amides is 2. The number of benzene rings is 3. The van der Waals surface area contributed by atoms with Crippen molar-refractivity contribution in [2.45, 2.75) is 12.5 Å². The Bertz CT molecular complexity index is 1090. The molecule has 0 spiro atoms. The van der Waals surface area contributed by atoms with Crippen LogP contribution in [0.2, 0.25) is 0 Å². The van der Waals surface area contributed by atoms with Gasteiger partial charge >= 0.3 is 0 Å². The van der Waals surface area contributed by atoms with Crippen LogP contribution in [0.5, 0.6) is 11.5 Å². The van der Waals surface area contributed by atoms with E-state index in [1.54, 1.807) is 24.3 Å². The number of anilines is 1. The van der Waals surface area contributed by atoms with Crippen LogP contribution in [-0.4, -0.2) is 16.9 Å². The third kappa shape index (κ3) is 4.33. The average Bonchev–Trinajstić information content (AvgIpc) is 2.75. The Morgan fingerprint density at radius 3 is 2.30 bits per heavy atom. The fourth-order valence-electron chi connectivity index (χ4n) is 3.28. The number of aliphatic hydroxyl groups excluding tert-OH is 1. The van der Waals surface area contributed by atoms with Crippen LogP contribution in [0, 0.1) is 0 Å². The summed E-state index contributed by atoms with van der Waals surface area (Å²) in [6, 6.07) is 25.0. The topological polar surface area (TPSA) is 87.7 Å². The molecule has 0 aromatic heterocycles. The summed E-state index contributed by atoms with van der Waals surface area (Å²) in [5, 5.41) is 15.8. The van der Waals surface area contributed by atoms with Gasteiger partial charge in [-0.3, -0.25) is 9.59 Å². The molecule has 3 aromatic carbocycles. The number of aliphatic hydroxyl groups is 1. The van der Waals surface area contributed by atoms with Gasteiger partial charge in [0.05, 0.1) is 6.04 Å². The molecule has 1 atom stereocenters. The molecule has 30 heavy (non-hydrogen) atoms. The maximum Gasteiger partial charge on any atom is 0.264 e. The molecule has 3 aromatic rings. The van der Waals surface area contributed by atoms with Gasteiger partial charge in [-0.2, -0.15) is 0 Å². The van der Waals surface area contributed by atoms with Crippen molar-refractivity contribution in [1.29, 1.82) is 0 Å². The van der Waals surface area contributed by atoms with Crippen molar-refractivity contribution in [3.8, 4) is 11.5 Å². The molecular formula is C24H20N2O4. The van der Waals surface area contributed by atoms with Gasteiger partial charge in [-0.1, -0.05) is 54.6 Å². The first kappa shape index (κ1) is 19.3. The number of nitrogens with one attached hydrogen (secondary N) is 2. The summed E-state index contributed by atoms with van der Waals surface area (Å²) in [6.45, 7) is 0. The predicted octanol–water partition coefficient (Wildman–Crippen LogP) is 4.49. The minimum absolute atomic E-state index is 0.148. The number of para-hydroxylation sites is 1. The lowest BCUT2D eigenvalue weighted by molar-refractivity contribution is -0.123. The van der Waals surface area contributed by atoms with Gasteiger partial charge in [-0.15, -0.1) is 0 Å². The normalized spacial score (nSPS) is 16.0. The van der Waals surface area contributed by atoms with Gasteiger partial charge in [0.2, 0.25) is 0 Å². The van der Waals surface area contributed by atoms with Crippen molar-refractivity contribution in [1.82, 2.24) is 5.32 Å². The number of hydrogen-bond acceptors (Lipinski definition) is 4. The van der Waals surface area contributed by atoms with E-state index in [0.717, 1.165) is 5.56 Å². The highest BCUT2D eigenvalue weighted by molar-refractivity contribution is 6.23. The molecule has 0 fully saturated rings. The summed E-state index contributed by atoms with van der Waals surface area (Å²) in [5.74, 6) is -0.314. The van der Waals surface area contributed by atoms with Crippen LogP contribution in [0.1, 0.15) is 18.0 Å². The summed E-state index contributed by atoms with van der Waals surface area (Å²) in [6.07, 6.45) is 0.148. The number of ether oxygens (including phenoxy) is 1. The van der Waals surface area contributed by atoms with Gasteiger partial charge in [-0.05, 0) is 29.8 Å². The van der Waals surface area contributed by atoms with Crippen LogP contribution in [0.15, 0.2) is 96.3 Å². The van der Waals surface area contributed by atoms with Gasteiger partial charge in [0.15, 0.2) is 0 Å². The number of hydrogen-bond donors (Lipinski definition) is 3. The highest BCUT2D eigenvalue weighted by Gasteiger charge is 2.32. The minimum atomic E-state index is -0.673. The summed E-state index contributed by atoms with van der Waals surface area (Å²) in [5.41, 5.74) is 1.03. The molecule has 6 nitrogen and oxygen atoms in total. The van der Waals surface area contributed by atoms with Crippen LogP contribution in [0.4, 0.5) is 5.69 Å². The van der Waals surface area contributed by atoms with E-state index in [1.165, 1.54) is 0 Å². The predicted molar refractivity (Wildman–Crippen MR) is 113 cm³/mol. The maximum atomic E-state index is 12.7. The van der Waals surface area contributed by atoms with E-state index in [9.17, 15) is 14.7 Å². The zero-order valence-electron chi connectivity index (χ0n) is 16.0. The molecular weight excluding hydrogens is 380 g/mol. The van der Waals surface area contributed by atoms with Crippen LogP contribution in [0.25, 0.3) is 0 Å². The molecule has 1 aliphatic rings. The molecule has 0 radical (unpaired) electrons. The van der Waals surface area contributed by atoms with E-state index in [-0.39, 0.29) is 23.8 Å². The average molecular weight is 400 g/mol. The maximum absolute atomic E-state index is 12.7. The SMILES string of the molecule is O=C(Nc1cccc(Oc2ccccc2)c1)C1=C(O)CC(c2ccccc2)NC1=O. The van der Waals surface area contributed by atoms with Crippen molar-refractivity contribution < 1.29 is 19.4 Å². The van der Waals surface area contributed by atoms with Crippen molar-refractivity contribution in [2.75, 3.05) is 5.32 Å². The Kier molecular flexibility index (Phi) is 5.48. The molecule has 1 aliphatic heterocycles. The van der Waals surface area contributed by atoms with Crippen LogP contribution in [-0.2, 0) is 9.59 Å². The summed E-state index contributed by atoms with van der Waals surface area (Å²) in [4.78, 5) is 25.2. The van der Waals surface area contributed by atoms with Crippen molar-refractivity contribution >= 4 is 17.5 Å². The molecule has 0 aliphatic carbocycles. The Hall–Kier alpha value is -4.06. The Morgan fingerprint density at radius 1 is 0.933 bits per heavy atom. The molecule has 150 valence electrons. The van der Waals surface area contributed by atoms with Crippen LogP contribution >= 0.6 is 0 Å². The first-order valence-electron chi connectivity index (χ1n) is 9.52. The van der Waals surface area contributed by atoms with Crippen molar-refractivity contribution in [3.05, 3.63) is 102 Å². The lowest BCUT2D eigenvalue weighted by Crippen LogP contribution is -2.39. The largest absolute Gasteiger partial charge is 0.511 e. The van der Waals surface area contributed by atoms with Gasteiger partial charge in [0.25, 0.3) is 11.8 Å². The summed E-state index contributed by atoms with van der Waals surface area (Å²) in [7, 11) is 0. The monoisotopic (exact) mass is 400 g/mol. The molecule has 1 unspecified atom stereocenters. The third-order valence-electron chi connectivity index (χ3n) is 4.72. The molecule has 0 saturated heterocycles. The first-order valence-corrected chi connectivity index (χ1v) is 9.52. The van der Waals surface area contributed by atoms with E-state index < -0.39 is 11.8 Å². The van der Waals surface area contributed by atoms with Gasteiger partial charge in [-0.25, -0.2) is 0 Å². The Labute approximate surface area is 173 Å². The fraction of sp³-hybridized carbons (Fsp3) is 0.0833. The van der Waals surface area contributed by atoms with Gasteiger partial charge < -0.3 is 20.5 Å². The highest BCUT2D eigenvalue weighted by Crippen LogP contribution is 2.28. The number of carbonyl (C=O) groups excluding carboxylic acids is 2. The van der Waals surface area contributed by atoms with Gasteiger partial charge in [0, 0.05) is 18.2 Å². The molecule has 1 heterocycles. The van der Waals surface area contributed by atoms with E-state index in [1.807, 2.05) is 60.7 Å². The van der Waals surface area contributed by atoms with Gasteiger partial charge in [0.1, 0.15) is 22.8 Å². The summed E-state index contributed by atoms with van der Waals surface area (Å²) < 4.78 is 5.76. The standard InChI is InChI=1S/C24H20N2O4/c27-21-15-20(16-8-3-1-4-9-16)26-24(29)22(21)23(28)25-17-10-7-13-19(14-17)30-18-11-5-2-6-12-18/h1-14,20,27H,15H2,(H,25,28)(H,26,29). The molecule has 0 saturated carbocycles. The quantitative estimate of drug-likeness (QED) is 0.551. The second-order valence-electron chi connectivity index (χ2n) is 6.86. The lowest BCUT2D eigenvalue weighted by Gasteiger charge is -2.25. The first-order chi connectivity index (χ1) is 14.6. The zero-order valence-corrected chi connectivity index (χ0v) is 16.0. The van der Waals surface area contributed by atoms with Crippen LogP contribution in [0.3, 0.4) is 0 Å². The van der Waals surface area contributed by atoms with Crippen molar-refractivity contribution in [2.24, 2.45) is 0 Å². The van der Waals surface area contributed by atoms with E-state index in [4.69, 9.17) is 4.74 Å². The molecule has 0 bridgehead atoms. The van der Waals surface area contributed by atoms with Crippen LogP contribution < -0.4 is 15.4 Å². The third-order valence-corrected chi connectivity index (χ3v) is 4.72.